The molecule has 0 N–H and O–H groups in total. The zero-order valence-corrected chi connectivity index (χ0v) is 10.5. The smallest absolute Gasteiger partial charge is 0.196 e. The quantitative estimate of drug-likeness (QED) is 0.602. The second-order valence-corrected chi connectivity index (χ2v) is 4.44. The van der Waals surface area contributed by atoms with Crippen molar-refractivity contribution in [2.75, 3.05) is 0 Å². The molecule has 0 heterocycles. The first-order chi connectivity index (χ1) is 8.49. The number of rotatable bonds is 2. The van der Waals surface area contributed by atoms with Gasteiger partial charge in [0, 0.05) is 5.56 Å². The SMILES string of the molecule is O=C(c1cccc(F)c1)c1cc(F)c(Br)cc1F. The van der Waals surface area contributed by atoms with Gasteiger partial charge in [0.05, 0.1) is 10.0 Å². The number of carbonyl (C=O) groups excluding carboxylic acids is 1. The molecule has 0 aliphatic rings. The molecule has 18 heavy (non-hydrogen) atoms. The van der Waals surface area contributed by atoms with Crippen molar-refractivity contribution in [3.63, 3.8) is 0 Å². The van der Waals surface area contributed by atoms with E-state index < -0.39 is 28.8 Å². The summed E-state index contributed by atoms with van der Waals surface area (Å²) >= 11 is 2.81. The number of hydrogen-bond acceptors (Lipinski definition) is 1. The Morgan fingerprint density at radius 3 is 2.39 bits per heavy atom. The summed E-state index contributed by atoms with van der Waals surface area (Å²) in [4.78, 5) is 11.9. The van der Waals surface area contributed by atoms with Crippen LogP contribution >= 0.6 is 15.9 Å². The van der Waals surface area contributed by atoms with Gasteiger partial charge in [0.25, 0.3) is 0 Å². The van der Waals surface area contributed by atoms with Crippen LogP contribution in [0.25, 0.3) is 0 Å². The summed E-state index contributed by atoms with van der Waals surface area (Å²) in [6.45, 7) is 0. The standard InChI is InChI=1S/C13H6BrF3O/c14-10-6-11(16)9(5-12(10)17)13(18)7-2-1-3-8(15)4-7/h1-6H. The van der Waals surface area contributed by atoms with Crippen LogP contribution in [0.5, 0.6) is 0 Å². The van der Waals surface area contributed by atoms with Crippen LogP contribution < -0.4 is 0 Å². The van der Waals surface area contributed by atoms with E-state index in [1.807, 2.05) is 0 Å². The molecule has 2 rings (SSSR count). The minimum atomic E-state index is -0.863. The van der Waals surface area contributed by atoms with Gasteiger partial charge in [-0.15, -0.1) is 0 Å². The predicted octanol–water partition coefficient (Wildman–Crippen LogP) is 4.10. The lowest BCUT2D eigenvalue weighted by Gasteiger charge is -2.04. The maximum atomic E-state index is 13.6. The summed E-state index contributed by atoms with van der Waals surface area (Å²) in [7, 11) is 0. The van der Waals surface area contributed by atoms with E-state index in [9.17, 15) is 18.0 Å². The normalized spacial score (nSPS) is 10.4. The summed E-state index contributed by atoms with van der Waals surface area (Å²) in [5.41, 5.74) is -0.461. The van der Waals surface area contributed by atoms with Gasteiger partial charge in [0.2, 0.25) is 0 Å². The van der Waals surface area contributed by atoms with Crippen molar-refractivity contribution in [3.05, 3.63) is 69.4 Å². The Morgan fingerprint density at radius 2 is 1.72 bits per heavy atom. The van der Waals surface area contributed by atoms with E-state index in [0.29, 0.717) is 0 Å². The van der Waals surface area contributed by atoms with Crippen LogP contribution in [0, 0.1) is 17.5 Å². The first-order valence-electron chi connectivity index (χ1n) is 4.94. The fourth-order valence-electron chi connectivity index (χ4n) is 1.48. The maximum absolute atomic E-state index is 13.6. The van der Waals surface area contributed by atoms with Crippen LogP contribution in [0.1, 0.15) is 15.9 Å². The molecule has 0 radical (unpaired) electrons. The van der Waals surface area contributed by atoms with Gasteiger partial charge in [-0.3, -0.25) is 4.79 Å². The minimum absolute atomic E-state index is 0.0318. The molecule has 5 heteroatoms. The Balaban J connectivity index is 2.49. The molecule has 0 spiro atoms. The zero-order valence-electron chi connectivity index (χ0n) is 8.88. The molecule has 1 nitrogen and oxygen atoms in total. The fourth-order valence-corrected chi connectivity index (χ4v) is 1.80. The second-order valence-electron chi connectivity index (χ2n) is 3.59. The molecule has 0 saturated carbocycles. The summed E-state index contributed by atoms with van der Waals surface area (Å²) in [6, 6.07) is 6.45. The minimum Gasteiger partial charge on any atom is -0.288 e. The molecule has 0 aliphatic carbocycles. The van der Waals surface area contributed by atoms with Gasteiger partial charge in [-0.05, 0) is 40.2 Å². The molecule has 0 atom stereocenters. The molecule has 0 unspecified atom stereocenters. The van der Waals surface area contributed by atoms with Crippen LogP contribution in [0.4, 0.5) is 13.2 Å². The van der Waals surface area contributed by atoms with Crippen molar-refractivity contribution >= 4 is 21.7 Å². The first-order valence-corrected chi connectivity index (χ1v) is 5.73. The summed E-state index contributed by atoms with van der Waals surface area (Å²) in [5, 5.41) is 0. The van der Waals surface area contributed by atoms with Crippen LogP contribution in [-0.4, -0.2) is 5.78 Å². The van der Waals surface area contributed by atoms with Crippen LogP contribution in [0.15, 0.2) is 40.9 Å². The van der Waals surface area contributed by atoms with Crippen molar-refractivity contribution in [1.82, 2.24) is 0 Å². The van der Waals surface area contributed by atoms with Gasteiger partial charge in [-0.2, -0.15) is 0 Å². The fraction of sp³-hybridized carbons (Fsp3) is 0. The predicted molar refractivity (Wildman–Crippen MR) is 63.9 cm³/mol. The Labute approximate surface area is 109 Å². The zero-order chi connectivity index (χ0) is 13.3. The maximum Gasteiger partial charge on any atom is 0.196 e. The first kappa shape index (κ1) is 12.8. The van der Waals surface area contributed by atoms with E-state index >= 15 is 0 Å². The summed E-state index contributed by atoms with van der Waals surface area (Å²) in [5.74, 6) is -2.99. The van der Waals surface area contributed by atoms with E-state index in [1.54, 1.807) is 0 Å². The number of carbonyl (C=O) groups is 1. The lowest BCUT2D eigenvalue weighted by molar-refractivity contribution is 0.103. The molecule has 0 bridgehead atoms. The highest BCUT2D eigenvalue weighted by Crippen LogP contribution is 2.22. The van der Waals surface area contributed by atoms with Gasteiger partial charge in [0.1, 0.15) is 17.5 Å². The van der Waals surface area contributed by atoms with Gasteiger partial charge in [-0.1, -0.05) is 12.1 Å². The number of benzene rings is 2. The molecule has 2 aromatic rings. The van der Waals surface area contributed by atoms with E-state index in [-0.39, 0.29) is 10.0 Å². The number of halogens is 4. The molecular formula is C13H6BrF3O. The highest BCUT2D eigenvalue weighted by molar-refractivity contribution is 9.10. The van der Waals surface area contributed by atoms with Crippen molar-refractivity contribution < 1.29 is 18.0 Å². The number of ketones is 1. The molecule has 92 valence electrons. The van der Waals surface area contributed by atoms with E-state index in [4.69, 9.17) is 0 Å². The summed E-state index contributed by atoms with van der Waals surface area (Å²) in [6.07, 6.45) is 0. The highest BCUT2D eigenvalue weighted by atomic mass is 79.9. The van der Waals surface area contributed by atoms with Crippen molar-refractivity contribution in [2.24, 2.45) is 0 Å². The third-order valence-corrected chi connectivity index (χ3v) is 2.95. The van der Waals surface area contributed by atoms with Gasteiger partial charge >= 0.3 is 0 Å². The largest absolute Gasteiger partial charge is 0.288 e. The second kappa shape index (κ2) is 4.94. The Bertz CT molecular complexity index is 626. The average molecular weight is 315 g/mol. The van der Waals surface area contributed by atoms with Gasteiger partial charge < -0.3 is 0 Å². The Kier molecular flexibility index (Phi) is 3.52. The summed E-state index contributed by atoms with van der Waals surface area (Å²) < 4.78 is 39.7. The lowest BCUT2D eigenvalue weighted by atomic mass is 10.0. The number of hydrogen-bond donors (Lipinski definition) is 0. The van der Waals surface area contributed by atoms with Gasteiger partial charge in [-0.25, -0.2) is 13.2 Å². The van der Waals surface area contributed by atoms with Crippen molar-refractivity contribution in [2.45, 2.75) is 0 Å². The highest BCUT2D eigenvalue weighted by Gasteiger charge is 2.17. The lowest BCUT2D eigenvalue weighted by Crippen LogP contribution is -2.05. The molecular weight excluding hydrogens is 309 g/mol. The average Bonchev–Trinajstić information content (AvgIpc) is 2.33. The van der Waals surface area contributed by atoms with E-state index in [0.717, 1.165) is 24.3 Å². The topological polar surface area (TPSA) is 17.1 Å². The molecule has 0 aliphatic heterocycles. The molecule has 0 fully saturated rings. The van der Waals surface area contributed by atoms with Crippen LogP contribution in [0.3, 0.4) is 0 Å². The van der Waals surface area contributed by atoms with Crippen LogP contribution in [-0.2, 0) is 0 Å². The molecule has 2 aromatic carbocycles. The van der Waals surface area contributed by atoms with E-state index in [1.165, 1.54) is 12.1 Å². The van der Waals surface area contributed by atoms with Crippen molar-refractivity contribution in [3.8, 4) is 0 Å². The monoisotopic (exact) mass is 314 g/mol. The third-order valence-electron chi connectivity index (χ3n) is 2.34. The van der Waals surface area contributed by atoms with Crippen LogP contribution in [0.2, 0.25) is 0 Å². The third kappa shape index (κ3) is 2.46. The Morgan fingerprint density at radius 1 is 1.00 bits per heavy atom. The van der Waals surface area contributed by atoms with Gasteiger partial charge in [0.15, 0.2) is 5.78 Å². The molecule has 0 saturated heterocycles. The van der Waals surface area contributed by atoms with E-state index in [2.05, 4.69) is 15.9 Å². The molecule has 0 aromatic heterocycles. The molecule has 0 amide bonds. The van der Waals surface area contributed by atoms with Crippen molar-refractivity contribution in [1.29, 1.82) is 0 Å². The Hall–Kier alpha value is -1.62.